The Morgan fingerprint density at radius 3 is 1.79 bits per heavy atom. The van der Waals surface area contributed by atoms with Crippen molar-refractivity contribution in [2.45, 2.75) is 46.0 Å². The maximum atomic E-state index is 12.2. The van der Waals surface area contributed by atoms with Gasteiger partial charge in [0.1, 0.15) is 0 Å². The van der Waals surface area contributed by atoms with Crippen LogP contribution in [-0.2, 0) is 50.0 Å². The van der Waals surface area contributed by atoms with Crippen molar-refractivity contribution < 1.29 is 55.1 Å². The molecule has 0 saturated heterocycles. The number of Topliss-reactive ketones (excluding diaryl/α,β-unsaturated/α-hetero) is 1. The van der Waals surface area contributed by atoms with E-state index < -0.39 is 23.6 Å². The summed E-state index contributed by atoms with van der Waals surface area (Å²) in [6.07, 6.45) is -1.29. The van der Waals surface area contributed by atoms with Crippen molar-refractivity contribution in [1.29, 1.82) is 0 Å². The molecule has 19 heavy (non-hydrogen) atoms. The van der Waals surface area contributed by atoms with Crippen molar-refractivity contribution in [3.63, 3.8) is 0 Å². The molecular formula is C12H21O6Zr-. The molecule has 0 rings (SSSR count). The van der Waals surface area contributed by atoms with Gasteiger partial charge >= 0.3 is 0 Å². The van der Waals surface area contributed by atoms with Crippen LogP contribution in [-0.4, -0.2) is 43.5 Å². The molecule has 0 aliphatic carbocycles. The molecule has 0 aliphatic rings. The molecule has 0 heterocycles. The summed E-state index contributed by atoms with van der Waals surface area (Å²) in [5.74, 6) is -2.34. The van der Waals surface area contributed by atoms with Gasteiger partial charge in [0.2, 0.25) is 12.1 Å². The second-order valence-corrected chi connectivity index (χ2v) is 3.51. The number of rotatable bonds is 10. The smallest absolute Gasteiger partial charge is 0.226 e. The number of carboxylic acids is 1. The number of ketones is 1. The minimum Gasteiger partial charge on any atom is -0.546 e. The molecule has 0 bridgehead atoms. The SMILES string of the molecule is CCOC(OCC)C(=O)C(CC)(OCC)C(=O)[O-].[Zr]. The van der Waals surface area contributed by atoms with Crippen LogP contribution in [0.3, 0.4) is 0 Å². The van der Waals surface area contributed by atoms with Crippen LogP contribution in [0.4, 0.5) is 0 Å². The fourth-order valence-corrected chi connectivity index (χ4v) is 1.59. The van der Waals surface area contributed by atoms with E-state index in [1.165, 1.54) is 6.92 Å². The second kappa shape index (κ2) is 10.7. The fraction of sp³-hybridized carbons (Fsp3) is 0.833. The van der Waals surface area contributed by atoms with E-state index in [2.05, 4.69) is 0 Å². The standard InChI is InChI=1S/C12H22O6.Zr/c1-5-12(11(14)15,18-8-4)9(13)10(16-6-2)17-7-3;/h10H,5-8H2,1-4H3,(H,14,15);/p-1. The third-order valence-electron chi connectivity index (χ3n) is 2.47. The monoisotopic (exact) mass is 351 g/mol. The molecule has 0 aromatic rings. The molecule has 0 saturated carbocycles. The van der Waals surface area contributed by atoms with Gasteiger partial charge in [-0.2, -0.15) is 0 Å². The van der Waals surface area contributed by atoms with Crippen molar-refractivity contribution in [3.8, 4) is 0 Å². The minimum absolute atomic E-state index is 0. The van der Waals surface area contributed by atoms with E-state index in [4.69, 9.17) is 14.2 Å². The van der Waals surface area contributed by atoms with E-state index >= 15 is 0 Å². The molecule has 0 radical (unpaired) electrons. The van der Waals surface area contributed by atoms with Crippen molar-refractivity contribution in [2.24, 2.45) is 0 Å². The molecule has 6 nitrogen and oxygen atoms in total. The molecule has 1 atom stereocenters. The van der Waals surface area contributed by atoms with Gasteiger partial charge in [-0.25, -0.2) is 0 Å². The Kier molecular flexibility index (Phi) is 11.9. The molecule has 0 fully saturated rings. The molecule has 110 valence electrons. The van der Waals surface area contributed by atoms with Gasteiger partial charge in [-0.3, -0.25) is 4.79 Å². The van der Waals surface area contributed by atoms with Crippen LogP contribution in [0.5, 0.6) is 0 Å². The largest absolute Gasteiger partial charge is 0.546 e. The van der Waals surface area contributed by atoms with Crippen LogP contribution in [0, 0.1) is 0 Å². The number of carbonyl (C=O) groups is 2. The van der Waals surface area contributed by atoms with Crippen molar-refractivity contribution in [2.75, 3.05) is 19.8 Å². The van der Waals surface area contributed by atoms with Gasteiger partial charge in [0.05, 0.1) is 5.97 Å². The second-order valence-electron chi connectivity index (χ2n) is 3.51. The maximum absolute atomic E-state index is 12.2. The van der Waals surface area contributed by atoms with Crippen LogP contribution in [0.1, 0.15) is 34.1 Å². The summed E-state index contributed by atoms with van der Waals surface area (Å²) in [6, 6.07) is 0. The van der Waals surface area contributed by atoms with Crippen molar-refractivity contribution >= 4 is 11.8 Å². The average molecular weight is 353 g/mol. The van der Waals surface area contributed by atoms with Gasteiger partial charge in [0, 0.05) is 46.0 Å². The first-order chi connectivity index (χ1) is 8.49. The summed E-state index contributed by atoms with van der Waals surface area (Å²) in [5.41, 5.74) is -2.01. The van der Waals surface area contributed by atoms with E-state index in [1.807, 2.05) is 0 Å². The quantitative estimate of drug-likeness (QED) is 0.403. The zero-order valence-corrected chi connectivity index (χ0v) is 14.3. The molecule has 0 aromatic heterocycles. The van der Waals surface area contributed by atoms with E-state index in [0.29, 0.717) is 0 Å². The molecule has 0 amide bonds. The first kappa shape index (κ1) is 21.2. The topological polar surface area (TPSA) is 84.9 Å². The van der Waals surface area contributed by atoms with E-state index in [9.17, 15) is 14.7 Å². The average Bonchev–Trinajstić information content (AvgIpc) is 2.34. The zero-order chi connectivity index (χ0) is 14.2. The minimum atomic E-state index is -2.01. The summed E-state index contributed by atoms with van der Waals surface area (Å²) in [5, 5.41) is 11.2. The normalized spacial score (nSPS) is 13.7. The maximum Gasteiger partial charge on any atom is 0.226 e. The molecule has 7 heteroatoms. The van der Waals surface area contributed by atoms with E-state index in [-0.39, 0.29) is 52.4 Å². The predicted molar refractivity (Wildman–Crippen MR) is 61.7 cm³/mol. The summed E-state index contributed by atoms with van der Waals surface area (Å²) >= 11 is 0. The number of carboxylic acid groups (broad SMARTS) is 1. The van der Waals surface area contributed by atoms with Gasteiger partial charge in [0.25, 0.3) is 0 Å². The van der Waals surface area contributed by atoms with E-state index in [1.54, 1.807) is 20.8 Å². The van der Waals surface area contributed by atoms with Crippen molar-refractivity contribution in [1.82, 2.24) is 0 Å². The number of carbonyl (C=O) groups excluding carboxylic acids is 2. The molecule has 0 aromatic carbocycles. The zero-order valence-electron chi connectivity index (χ0n) is 11.9. The molecule has 0 aliphatic heterocycles. The van der Waals surface area contributed by atoms with Crippen LogP contribution in [0.25, 0.3) is 0 Å². The Labute approximate surface area is 132 Å². The van der Waals surface area contributed by atoms with Crippen LogP contribution < -0.4 is 5.11 Å². The Hall–Kier alpha value is -0.0969. The number of ether oxygens (including phenoxy) is 3. The molecule has 0 N–H and O–H groups in total. The van der Waals surface area contributed by atoms with Crippen LogP contribution in [0.2, 0.25) is 0 Å². The Morgan fingerprint density at radius 2 is 1.53 bits per heavy atom. The van der Waals surface area contributed by atoms with Crippen molar-refractivity contribution in [3.05, 3.63) is 0 Å². The fourth-order valence-electron chi connectivity index (χ4n) is 1.59. The van der Waals surface area contributed by atoms with Crippen LogP contribution >= 0.6 is 0 Å². The van der Waals surface area contributed by atoms with Gasteiger partial charge in [0.15, 0.2) is 5.60 Å². The number of hydrogen-bond acceptors (Lipinski definition) is 6. The summed E-state index contributed by atoms with van der Waals surface area (Å²) in [4.78, 5) is 23.4. The van der Waals surface area contributed by atoms with E-state index in [0.717, 1.165) is 0 Å². The Balaban J connectivity index is 0. The van der Waals surface area contributed by atoms with Gasteiger partial charge in [-0.05, 0) is 27.2 Å². The summed E-state index contributed by atoms with van der Waals surface area (Å²) in [7, 11) is 0. The summed E-state index contributed by atoms with van der Waals surface area (Å²) in [6.45, 7) is 7.07. The Bertz CT molecular complexity index is 277. The van der Waals surface area contributed by atoms with Gasteiger partial charge < -0.3 is 24.1 Å². The van der Waals surface area contributed by atoms with Crippen LogP contribution in [0.15, 0.2) is 0 Å². The molecule has 1 unspecified atom stereocenters. The predicted octanol–water partition coefficient (Wildman–Crippen LogP) is -0.113. The van der Waals surface area contributed by atoms with Gasteiger partial charge in [-0.15, -0.1) is 0 Å². The Morgan fingerprint density at radius 1 is 1.05 bits per heavy atom. The summed E-state index contributed by atoms with van der Waals surface area (Å²) < 4.78 is 15.3. The first-order valence-electron chi connectivity index (χ1n) is 6.12. The third kappa shape index (κ3) is 5.42. The molecular weight excluding hydrogens is 331 g/mol. The first-order valence-corrected chi connectivity index (χ1v) is 6.12. The third-order valence-corrected chi connectivity index (χ3v) is 2.47. The number of hydrogen-bond donors (Lipinski definition) is 0. The number of aliphatic carboxylic acids is 1. The van der Waals surface area contributed by atoms with Gasteiger partial charge in [-0.1, -0.05) is 6.92 Å². The molecule has 0 spiro atoms.